The molecule has 1 aromatic carbocycles. The average molecular weight is 310 g/mol. The molecule has 0 amide bonds. The molecule has 8 nitrogen and oxygen atoms in total. The molecule has 0 aliphatic heterocycles. The van der Waals surface area contributed by atoms with Gasteiger partial charge in [0.25, 0.3) is 5.78 Å². The number of hydrogen-bond acceptors (Lipinski definition) is 6. The molecule has 3 aromatic rings. The van der Waals surface area contributed by atoms with Crippen molar-refractivity contribution in [2.75, 3.05) is 0 Å². The van der Waals surface area contributed by atoms with Crippen LogP contribution in [0.4, 0.5) is 10.1 Å². The molecule has 21 heavy (non-hydrogen) atoms. The van der Waals surface area contributed by atoms with Crippen LogP contribution in [0.1, 0.15) is 0 Å². The van der Waals surface area contributed by atoms with Gasteiger partial charge in [-0.25, -0.2) is 0 Å². The summed E-state index contributed by atoms with van der Waals surface area (Å²) in [4.78, 5) is 17.5. The Morgan fingerprint density at radius 2 is 2.19 bits per heavy atom. The van der Waals surface area contributed by atoms with Crippen molar-refractivity contribution in [3.8, 4) is 11.6 Å². The van der Waals surface area contributed by atoms with Crippen molar-refractivity contribution >= 4 is 23.1 Å². The number of halogens is 2. The minimum atomic E-state index is -1.01. The molecule has 0 unspecified atom stereocenters. The molecule has 2 heterocycles. The Kier molecular flexibility index (Phi) is 3.10. The summed E-state index contributed by atoms with van der Waals surface area (Å²) < 4.78 is 20.2. The van der Waals surface area contributed by atoms with E-state index < -0.39 is 16.4 Å². The third-order valence-electron chi connectivity index (χ3n) is 2.53. The van der Waals surface area contributed by atoms with Gasteiger partial charge in [-0.3, -0.25) is 10.1 Å². The van der Waals surface area contributed by atoms with Crippen LogP contribution in [0.25, 0.3) is 5.78 Å². The zero-order valence-electron chi connectivity index (χ0n) is 10.1. The summed E-state index contributed by atoms with van der Waals surface area (Å²) in [6, 6.07) is 4.53. The van der Waals surface area contributed by atoms with Crippen LogP contribution < -0.4 is 4.74 Å². The molecule has 2 aromatic heterocycles. The van der Waals surface area contributed by atoms with E-state index in [1.807, 2.05) is 0 Å². The maximum Gasteiger partial charge on any atom is 0.305 e. The third-order valence-corrected chi connectivity index (χ3v) is 2.72. The second-order valence-electron chi connectivity index (χ2n) is 3.86. The minimum absolute atomic E-state index is 0.0529. The van der Waals surface area contributed by atoms with Crippen molar-refractivity contribution in [2.45, 2.75) is 0 Å². The van der Waals surface area contributed by atoms with Crippen molar-refractivity contribution in [1.82, 2.24) is 19.6 Å². The summed E-state index contributed by atoms with van der Waals surface area (Å²) in [5.74, 6) is -0.597. The molecule has 0 saturated heterocycles. The lowest BCUT2D eigenvalue weighted by atomic mass is 10.3. The molecule has 3 rings (SSSR count). The maximum atomic E-state index is 13.5. The maximum absolute atomic E-state index is 13.5. The lowest BCUT2D eigenvalue weighted by molar-refractivity contribution is -0.387. The Labute approximate surface area is 120 Å². The number of aromatic nitrogens is 4. The molecule has 0 aliphatic rings. The molecule has 0 bridgehead atoms. The van der Waals surface area contributed by atoms with Crippen LogP contribution >= 0.6 is 11.6 Å². The SMILES string of the molecule is O=[N+]([O-])c1ccc(Oc2cc(Cl)nc3ncnn23)cc1F. The van der Waals surface area contributed by atoms with Gasteiger partial charge in [-0.15, -0.1) is 0 Å². The molecule has 10 heteroatoms. The Bertz CT molecular complexity index is 853. The highest BCUT2D eigenvalue weighted by Gasteiger charge is 2.16. The van der Waals surface area contributed by atoms with Gasteiger partial charge in [-0.2, -0.15) is 24.0 Å². The van der Waals surface area contributed by atoms with E-state index in [2.05, 4.69) is 15.1 Å². The van der Waals surface area contributed by atoms with E-state index in [4.69, 9.17) is 16.3 Å². The van der Waals surface area contributed by atoms with E-state index in [-0.39, 0.29) is 22.6 Å². The first-order valence-electron chi connectivity index (χ1n) is 5.52. The van der Waals surface area contributed by atoms with E-state index in [1.165, 1.54) is 23.0 Å². The van der Waals surface area contributed by atoms with Crippen molar-refractivity contribution < 1.29 is 14.1 Å². The summed E-state index contributed by atoms with van der Waals surface area (Å²) >= 11 is 5.81. The van der Waals surface area contributed by atoms with Gasteiger partial charge in [0.05, 0.1) is 4.92 Å². The summed E-state index contributed by atoms with van der Waals surface area (Å²) in [5.41, 5.74) is -0.638. The summed E-state index contributed by atoms with van der Waals surface area (Å²) in [5, 5.41) is 14.6. The molecule has 106 valence electrons. The molecule has 0 saturated carbocycles. The summed E-state index contributed by atoms with van der Waals surface area (Å²) in [6.45, 7) is 0. The molecular weight excluding hydrogens is 305 g/mol. The third kappa shape index (κ3) is 2.46. The number of ether oxygens (including phenoxy) is 1. The fourth-order valence-electron chi connectivity index (χ4n) is 1.65. The van der Waals surface area contributed by atoms with Gasteiger partial charge in [-0.1, -0.05) is 11.6 Å². The fourth-order valence-corrected chi connectivity index (χ4v) is 1.82. The molecule has 0 spiro atoms. The van der Waals surface area contributed by atoms with E-state index in [0.717, 1.165) is 12.1 Å². The zero-order valence-corrected chi connectivity index (χ0v) is 10.9. The number of nitrogens with zero attached hydrogens (tertiary/aromatic N) is 5. The van der Waals surface area contributed by atoms with Gasteiger partial charge in [0, 0.05) is 18.2 Å². The summed E-state index contributed by atoms with van der Waals surface area (Å²) in [6.07, 6.45) is 1.25. The second kappa shape index (κ2) is 4.94. The van der Waals surface area contributed by atoms with Crippen LogP contribution in [0.3, 0.4) is 0 Å². The van der Waals surface area contributed by atoms with Gasteiger partial charge >= 0.3 is 5.69 Å². The van der Waals surface area contributed by atoms with Crippen LogP contribution in [0, 0.1) is 15.9 Å². The Morgan fingerprint density at radius 1 is 1.38 bits per heavy atom. The smallest absolute Gasteiger partial charge is 0.305 e. The van der Waals surface area contributed by atoms with Crippen LogP contribution in [-0.4, -0.2) is 24.5 Å². The monoisotopic (exact) mass is 309 g/mol. The molecule has 0 fully saturated rings. The van der Waals surface area contributed by atoms with E-state index in [9.17, 15) is 14.5 Å². The van der Waals surface area contributed by atoms with Crippen molar-refractivity contribution in [2.24, 2.45) is 0 Å². The van der Waals surface area contributed by atoms with Gasteiger partial charge in [0.1, 0.15) is 17.2 Å². The van der Waals surface area contributed by atoms with E-state index in [1.54, 1.807) is 0 Å². The zero-order chi connectivity index (χ0) is 15.0. The normalized spacial score (nSPS) is 10.8. The highest BCUT2D eigenvalue weighted by molar-refractivity contribution is 6.29. The first kappa shape index (κ1) is 13.2. The van der Waals surface area contributed by atoms with Crippen molar-refractivity contribution in [1.29, 1.82) is 0 Å². The molecule has 0 aliphatic carbocycles. The lowest BCUT2D eigenvalue weighted by Crippen LogP contribution is -1.99. The topological polar surface area (TPSA) is 95.5 Å². The predicted octanol–water partition coefficient (Wildman–Crippen LogP) is 2.62. The Balaban J connectivity index is 2.00. The van der Waals surface area contributed by atoms with Gasteiger partial charge in [0.2, 0.25) is 11.7 Å². The number of nitro groups is 1. The van der Waals surface area contributed by atoms with E-state index in [0.29, 0.717) is 0 Å². The number of nitro benzene ring substituents is 1. The number of benzene rings is 1. The van der Waals surface area contributed by atoms with Gasteiger partial charge < -0.3 is 4.74 Å². The quantitative estimate of drug-likeness (QED) is 0.419. The fraction of sp³-hybridized carbons (Fsp3) is 0. The number of rotatable bonds is 3. The van der Waals surface area contributed by atoms with Gasteiger partial charge in [0.15, 0.2) is 0 Å². The van der Waals surface area contributed by atoms with Crippen molar-refractivity contribution in [3.63, 3.8) is 0 Å². The van der Waals surface area contributed by atoms with Crippen molar-refractivity contribution in [3.05, 3.63) is 51.7 Å². The molecule has 0 atom stereocenters. The number of fused-ring (bicyclic) bond motifs is 1. The predicted molar refractivity (Wildman–Crippen MR) is 68.9 cm³/mol. The molecule has 0 N–H and O–H groups in total. The standard InChI is InChI=1S/C11H5ClFN5O3/c12-9-4-10(17-11(16-9)14-5-15-17)21-6-1-2-8(18(19)20)7(13)3-6/h1-5H. The highest BCUT2D eigenvalue weighted by Crippen LogP contribution is 2.27. The molecule has 0 radical (unpaired) electrons. The largest absolute Gasteiger partial charge is 0.439 e. The lowest BCUT2D eigenvalue weighted by Gasteiger charge is -2.07. The van der Waals surface area contributed by atoms with Crippen LogP contribution in [0.15, 0.2) is 30.6 Å². The second-order valence-corrected chi connectivity index (χ2v) is 4.25. The Morgan fingerprint density at radius 3 is 2.90 bits per heavy atom. The minimum Gasteiger partial charge on any atom is -0.439 e. The van der Waals surface area contributed by atoms with Crippen LogP contribution in [0.2, 0.25) is 5.15 Å². The van der Waals surface area contributed by atoms with Gasteiger partial charge in [-0.05, 0) is 6.07 Å². The van der Waals surface area contributed by atoms with Crippen LogP contribution in [0.5, 0.6) is 11.6 Å². The number of hydrogen-bond donors (Lipinski definition) is 0. The Hall–Kier alpha value is -2.81. The van der Waals surface area contributed by atoms with E-state index >= 15 is 0 Å². The first-order valence-corrected chi connectivity index (χ1v) is 5.90. The first-order chi connectivity index (χ1) is 10.0. The van der Waals surface area contributed by atoms with Crippen LogP contribution in [-0.2, 0) is 0 Å². The summed E-state index contributed by atoms with van der Waals surface area (Å²) in [7, 11) is 0. The molecular formula is C11H5ClFN5O3. The highest BCUT2D eigenvalue weighted by atomic mass is 35.5. The average Bonchev–Trinajstić information content (AvgIpc) is 2.86.